The second-order valence-corrected chi connectivity index (χ2v) is 10.9. The summed E-state index contributed by atoms with van der Waals surface area (Å²) in [4.78, 5) is 11.4. The van der Waals surface area contributed by atoms with Gasteiger partial charge in [-0.3, -0.25) is 4.90 Å². The summed E-state index contributed by atoms with van der Waals surface area (Å²) in [5.41, 5.74) is 8.09. The van der Waals surface area contributed by atoms with Crippen LogP contribution in [0.15, 0.2) is 30.7 Å². The number of piperazine rings is 1. The first kappa shape index (κ1) is 22.4. The number of anilines is 1. The Bertz CT molecular complexity index is 1270. The van der Waals surface area contributed by atoms with Crippen molar-refractivity contribution in [3.8, 4) is 16.9 Å². The minimum absolute atomic E-state index is 0.182. The molecule has 0 atom stereocenters. The summed E-state index contributed by atoms with van der Waals surface area (Å²) in [6.07, 6.45) is 10.3. The number of halogens is 1. The van der Waals surface area contributed by atoms with Gasteiger partial charge >= 0.3 is 0 Å². The van der Waals surface area contributed by atoms with Crippen molar-refractivity contribution in [3.63, 3.8) is 0 Å². The van der Waals surface area contributed by atoms with Crippen molar-refractivity contribution in [2.75, 3.05) is 38.5 Å². The highest BCUT2D eigenvalue weighted by atomic mass is 19.1. The van der Waals surface area contributed by atoms with E-state index in [-0.39, 0.29) is 11.4 Å². The highest BCUT2D eigenvalue weighted by Gasteiger charge is 2.46. The molecule has 0 spiro atoms. The largest absolute Gasteiger partial charge is 0.491 e. The lowest BCUT2D eigenvalue weighted by atomic mass is 9.85. The standard InChI is InChI=1S/C27H33FN6O2/c28-23-2-1-20(35-15-27-5-3-19(36-27)4-6-27)13-21(23)22-14-34(26-24(22)25(29)31-16-32-26)18-11-17(12-18)33-9-7-30-8-10-33/h1-2,13-14,16-19,30H,3-12,15H2,(H2,29,31,32)/t17-,18+,19?,27?. The van der Waals surface area contributed by atoms with Gasteiger partial charge in [0.25, 0.3) is 0 Å². The molecule has 3 N–H and O–H groups in total. The average molecular weight is 493 g/mol. The molecule has 190 valence electrons. The minimum atomic E-state index is -0.312. The summed E-state index contributed by atoms with van der Waals surface area (Å²) < 4.78 is 29.7. The first-order valence-corrected chi connectivity index (χ1v) is 13.2. The summed E-state index contributed by atoms with van der Waals surface area (Å²) >= 11 is 0. The van der Waals surface area contributed by atoms with Gasteiger partial charge in [0.2, 0.25) is 0 Å². The number of hydrogen-bond acceptors (Lipinski definition) is 7. The van der Waals surface area contributed by atoms with Crippen molar-refractivity contribution < 1.29 is 13.9 Å². The molecule has 8 nitrogen and oxygen atoms in total. The highest BCUT2D eigenvalue weighted by molar-refractivity contribution is 6.01. The van der Waals surface area contributed by atoms with Crippen LogP contribution < -0.4 is 15.8 Å². The maximum Gasteiger partial charge on any atom is 0.146 e. The number of nitrogens with zero attached hydrogens (tertiary/aromatic N) is 4. The fourth-order valence-corrected chi connectivity index (χ4v) is 6.62. The Morgan fingerprint density at radius 1 is 1.11 bits per heavy atom. The Balaban J connectivity index is 1.18. The fourth-order valence-electron chi connectivity index (χ4n) is 6.62. The van der Waals surface area contributed by atoms with Crippen LogP contribution in [0.3, 0.4) is 0 Å². The van der Waals surface area contributed by atoms with Crippen LogP contribution in [-0.2, 0) is 4.74 Å². The third-order valence-electron chi connectivity index (χ3n) is 8.78. The van der Waals surface area contributed by atoms with Crippen LogP contribution in [-0.4, -0.2) is 70.0 Å². The Morgan fingerprint density at radius 3 is 2.67 bits per heavy atom. The van der Waals surface area contributed by atoms with Gasteiger partial charge < -0.3 is 25.1 Å². The quantitative estimate of drug-likeness (QED) is 0.544. The van der Waals surface area contributed by atoms with E-state index in [2.05, 4.69) is 24.8 Å². The van der Waals surface area contributed by atoms with Gasteiger partial charge in [-0.15, -0.1) is 0 Å². The number of benzene rings is 1. The molecule has 0 amide bonds. The van der Waals surface area contributed by atoms with E-state index in [1.54, 1.807) is 12.1 Å². The number of fused-ring (bicyclic) bond motifs is 3. The maximum atomic E-state index is 15.2. The van der Waals surface area contributed by atoms with Crippen LogP contribution >= 0.6 is 0 Å². The molecule has 2 bridgehead atoms. The molecule has 0 radical (unpaired) electrons. The van der Waals surface area contributed by atoms with E-state index < -0.39 is 0 Å². The topological polar surface area (TPSA) is 90.5 Å². The zero-order valence-corrected chi connectivity index (χ0v) is 20.5. The van der Waals surface area contributed by atoms with Crippen molar-refractivity contribution >= 4 is 16.9 Å². The summed E-state index contributed by atoms with van der Waals surface area (Å²) in [7, 11) is 0. The summed E-state index contributed by atoms with van der Waals surface area (Å²) in [6.45, 7) is 4.78. The Morgan fingerprint density at radius 2 is 1.92 bits per heavy atom. The molecule has 36 heavy (non-hydrogen) atoms. The molecular weight excluding hydrogens is 459 g/mol. The number of ether oxygens (including phenoxy) is 2. The first-order chi connectivity index (χ1) is 17.6. The average Bonchev–Trinajstić information content (AvgIpc) is 3.58. The number of rotatable bonds is 6. The SMILES string of the molecule is Nc1ncnc2c1c(-c1cc(OCC34CCC(CC3)O4)ccc1F)cn2[C@H]1C[C@@H](N2CCNCC2)C1. The lowest BCUT2D eigenvalue weighted by Crippen LogP contribution is -2.53. The molecule has 4 fully saturated rings. The zero-order chi connectivity index (χ0) is 24.3. The third-order valence-corrected chi connectivity index (χ3v) is 8.78. The number of hydrogen-bond donors (Lipinski definition) is 2. The smallest absolute Gasteiger partial charge is 0.146 e. The molecule has 3 aliphatic heterocycles. The Kier molecular flexibility index (Phi) is 5.41. The van der Waals surface area contributed by atoms with Crippen LogP contribution in [0.1, 0.15) is 44.6 Å². The van der Waals surface area contributed by atoms with Gasteiger partial charge in [-0.25, -0.2) is 14.4 Å². The minimum Gasteiger partial charge on any atom is -0.491 e. The van der Waals surface area contributed by atoms with Crippen molar-refractivity contribution in [3.05, 3.63) is 36.5 Å². The van der Waals surface area contributed by atoms with E-state index >= 15 is 4.39 Å². The van der Waals surface area contributed by atoms with E-state index in [1.165, 1.54) is 12.4 Å². The third kappa shape index (κ3) is 3.76. The fraction of sp³-hybridized carbons (Fsp3) is 0.556. The van der Waals surface area contributed by atoms with Crippen molar-refractivity contribution in [1.29, 1.82) is 0 Å². The molecular formula is C27H33FN6O2. The number of nitrogen functional groups attached to an aromatic ring is 1. The van der Waals surface area contributed by atoms with Crippen LogP contribution in [0.4, 0.5) is 10.2 Å². The molecule has 1 saturated carbocycles. The molecule has 1 aliphatic carbocycles. The predicted molar refractivity (Wildman–Crippen MR) is 135 cm³/mol. The van der Waals surface area contributed by atoms with Crippen molar-refractivity contribution in [2.24, 2.45) is 0 Å². The first-order valence-electron chi connectivity index (χ1n) is 13.2. The lowest BCUT2D eigenvalue weighted by Gasteiger charge is -2.45. The number of nitrogens with one attached hydrogen (secondary N) is 1. The molecule has 3 aromatic rings. The van der Waals surface area contributed by atoms with E-state index in [0.717, 1.165) is 70.4 Å². The van der Waals surface area contributed by atoms with Crippen LogP contribution in [0, 0.1) is 5.82 Å². The molecule has 2 aromatic heterocycles. The summed E-state index contributed by atoms with van der Waals surface area (Å²) in [5.74, 6) is 0.694. The van der Waals surface area contributed by atoms with Gasteiger partial charge in [0.15, 0.2) is 0 Å². The second kappa shape index (κ2) is 8.68. The molecule has 5 heterocycles. The van der Waals surface area contributed by atoms with Crippen molar-refractivity contribution in [1.82, 2.24) is 24.8 Å². The summed E-state index contributed by atoms with van der Waals surface area (Å²) in [6, 6.07) is 5.84. The number of aromatic nitrogens is 3. The van der Waals surface area contributed by atoms with Crippen LogP contribution in [0.25, 0.3) is 22.2 Å². The monoisotopic (exact) mass is 492 g/mol. The van der Waals surface area contributed by atoms with Gasteiger partial charge in [0.05, 0.1) is 11.5 Å². The van der Waals surface area contributed by atoms with Gasteiger partial charge in [0.1, 0.15) is 41.6 Å². The summed E-state index contributed by atoms with van der Waals surface area (Å²) in [5, 5.41) is 4.13. The van der Waals surface area contributed by atoms with E-state index in [1.807, 2.05) is 6.20 Å². The van der Waals surface area contributed by atoms with E-state index in [4.69, 9.17) is 15.2 Å². The van der Waals surface area contributed by atoms with Gasteiger partial charge in [-0.1, -0.05) is 0 Å². The van der Waals surface area contributed by atoms with Crippen LogP contribution in [0.5, 0.6) is 5.75 Å². The second-order valence-electron chi connectivity index (χ2n) is 10.9. The lowest BCUT2D eigenvalue weighted by molar-refractivity contribution is -0.0198. The van der Waals surface area contributed by atoms with Gasteiger partial charge in [0, 0.05) is 55.6 Å². The highest BCUT2D eigenvalue weighted by Crippen LogP contribution is 2.45. The van der Waals surface area contributed by atoms with Crippen LogP contribution in [0.2, 0.25) is 0 Å². The molecule has 0 unspecified atom stereocenters. The number of nitrogens with two attached hydrogens (primary N) is 1. The molecule has 3 saturated heterocycles. The predicted octanol–water partition coefficient (Wildman–Crippen LogP) is 3.52. The van der Waals surface area contributed by atoms with E-state index in [0.29, 0.717) is 52.9 Å². The van der Waals surface area contributed by atoms with E-state index in [9.17, 15) is 0 Å². The molecule has 1 aromatic carbocycles. The molecule has 4 aliphatic rings. The Labute approximate surface area is 210 Å². The maximum absolute atomic E-state index is 15.2. The molecule has 9 heteroatoms. The van der Waals surface area contributed by atoms with Gasteiger partial charge in [-0.2, -0.15) is 0 Å². The Hall–Kier alpha value is -2.75. The zero-order valence-electron chi connectivity index (χ0n) is 20.5. The van der Waals surface area contributed by atoms with Gasteiger partial charge in [-0.05, 0) is 56.7 Å². The molecule has 7 rings (SSSR count). The normalized spacial score (nSPS) is 30.1. The van der Waals surface area contributed by atoms with Crippen molar-refractivity contribution in [2.45, 2.75) is 62.3 Å².